The number of nitrogens with one attached hydrogen (secondary N) is 2. The number of fused-ring (bicyclic) bond motifs is 1. The first-order valence-corrected chi connectivity index (χ1v) is 11.8. The van der Waals surface area contributed by atoms with Crippen molar-refractivity contribution >= 4 is 29.0 Å². The average molecular weight is 487 g/mol. The zero-order valence-corrected chi connectivity index (χ0v) is 20.0. The summed E-state index contributed by atoms with van der Waals surface area (Å²) in [6.07, 6.45) is 3.55. The number of aromatic nitrogens is 2. The van der Waals surface area contributed by atoms with Crippen molar-refractivity contribution in [3.05, 3.63) is 69.1 Å². The van der Waals surface area contributed by atoms with E-state index in [1.165, 1.54) is 10.5 Å². The van der Waals surface area contributed by atoms with Crippen molar-refractivity contribution in [1.82, 2.24) is 14.7 Å². The molecule has 1 spiro atoms. The fraction of sp³-hybridized carbons (Fsp3) is 0.346. The van der Waals surface area contributed by atoms with E-state index in [1.54, 1.807) is 24.4 Å². The van der Waals surface area contributed by atoms with E-state index in [1.807, 2.05) is 30.9 Å². The van der Waals surface area contributed by atoms with E-state index in [-0.39, 0.29) is 22.6 Å². The molecule has 3 N–H and O–H groups in total. The second kappa shape index (κ2) is 8.68. The van der Waals surface area contributed by atoms with Gasteiger partial charge in [0.2, 0.25) is 5.91 Å². The van der Waals surface area contributed by atoms with Gasteiger partial charge >= 0.3 is 5.97 Å². The van der Waals surface area contributed by atoms with Crippen LogP contribution in [0.1, 0.15) is 59.3 Å². The smallest absolute Gasteiger partial charge is 0.337 e. The van der Waals surface area contributed by atoms with E-state index in [4.69, 9.17) is 4.98 Å². The number of carbonyl (C=O) groups excluding carboxylic acids is 1. The molecular formula is C26H26N6O4. The number of amides is 1. The molecule has 3 aromatic rings. The van der Waals surface area contributed by atoms with Gasteiger partial charge in [-0.05, 0) is 50.5 Å². The maximum atomic E-state index is 13.4. The third-order valence-electron chi connectivity index (χ3n) is 7.07. The molecule has 36 heavy (non-hydrogen) atoms. The summed E-state index contributed by atoms with van der Waals surface area (Å²) in [7, 11) is 0. The van der Waals surface area contributed by atoms with Crippen LogP contribution in [0.4, 0.5) is 11.5 Å². The highest BCUT2D eigenvalue weighted by atomic mass is 16.4. The van der Waals surface area contributed by atoms with Crippen LogP contribution in [0, 0.1) is 18.3 Å². The first-order valence-electron chi connectivity index (χ1n) is 11.8. The Kier molecular flexibility index (Phi) is 5.63. The van der Waals surface area contributed by atoms with Crippen LogP contribution in [-0.2, 0) is 4.79 Å². The first-order chi connectivity index (χ1) is 17.2. The lowest BCUT2D eigenvalue weighted by atomic mass is 9.97. The molecule has 2 aliphatic rings. The lowest BCUT2D eigenvalue weighted by Crippen LogP contribution is -2.44. The van der Waals surface area contributed by atoms with Gasteiger partial charge in [0.15, 0.2) is 11.4 Å². The quantitative estimate of drug-likeness (QED) is 0.500. The minimum atomic E-state index is -1.04. The van der Waals surface area contributed by atoms with Crippen LogP contribution in [0.5, 0.6) is 0 Å². The molecule has 1 unspecified atom stereocenters. The summed E-state index contributed by atoms with van der Waals surface area (Å²) in [5.74, 6) is -0.719. The molecule has 5 rings (SSSR count). The van der Waals surface area contributed by atoms with E-state index in [9.17, 15) is 24.8 Å². The maximum absolute atomic E-state index is 13.4. The van der Waals surface area contributed by atoms with Crippen molar-refractivity contribution in [1.29, 1.82) is 5.26 Å². The number of benzene rings is 1. The van der Waals surface area contributed by atoms with Gasteiger partial charge in [-0.1, -0.05) is 12.1 Å². The molecule has 0 aliphatic carbocycles. The molecule has 2 aliphatic heterocycles. The van der Waals surface area contributed by atoms with Gasteiger partial charge in [-0.25, -0.2) is 9.78 Å². The molecular weight excluding hydrogens is 460 g/mol. The van der Waals surface area contributed by atoms with Gasteiger partial charge in [0.1, 0.15) is 11.7 Å². The van der Waals surface area contributed by atoms with E-state index >= 15 is 0 Å². The Balaban J connectivity index is 1.60. The number of aromatic carboxylic acids is 1. The summed E-state index contributed by atoms with van der Waals surface area (Å²) < 4.78 is 1.39. The standard InChI is InChI=1S/C26H26N6O4/c1-15-11-18(16(2)28-20-6-4-3-5-17(20)25(35)36)23-29-22(19(12-27)24(34)32(23)13-15)31-10-9-26(14-31)8-7-21(33)30-26/h3-6,11,13,16,28H,7-10,14H2,1-2H3,(H,30,33)(H,35,36)/t16-,26?/m1/s1. The number of rotatable bonds is 5. The minimum absolute atomic E-state index is 0.0169. The van der Waals surface area contributed by atoms with Crippen LogP contribution < -0.4 is 21.1 Å². The van der Waals surface area contributed by atoms with Gasteiger partial charge in [-0.3, -0.25) is 14.0 Å². The molecule has 0 bridgehead atoms. The zero-order valence-electron chi connectivity index (χ0n) is 20.0. The molecule has 2 atom stereocenters. The summed E-state index contributed by atoms with van der Waals surface area (Å²) in [6, 6.07) is 10.2. The fourth-order valence-corrected chi connectivity index (χ4v) is 5.28. The Morgan fingerprint density at radius 1 is 1.31 bits per heavy atom. The third-order valence-corrected chi connectivity index (χ3v) is 7.07. The summed E-state index contributed by atoms with van der Waals surface area (Å²) in [5, 5.41) is 25.7. The SMILES string of the molecule is Cc1cc([C@@H](C)Nc2ccccc2C(=O)O)c2nc(N3CCC4(CCC(=O)N4)C3)c(C#N)c(=O)n2c1. The molecule has 0 saturated carbocycles. The Labute approximate surface area is 207 Å². The summed E-state index contributed by atoms with van der Waals surface area (Å²) in [6.45, 7) is 4.77. The average Bonchev–Trinajstić information content (AvgIpc) is 3.43. The van der Waals surface area contributed by atoms with Crippen LogP contribution in [0.25, 0.3) is 5.65 Å². The number of nitriles is 1. The lowest BCUT2D eigenvalue weighted by Gasteiger charge is -2.25. The van der Waals surface area contributed by atoms with Gasteiger partial charge in [-0.15, -0.1) is 0 Å². The summed E-state index contributed by atoms with van der Waals surface area (Å²) >= 11 is 0. The number of carbonyl (C=O) groups is 2. The lowest BCUT2D eigenvalue weighted by molar-refractivity contribution is -0.119. The van der Waals surface area contributed by atoms with Crippen LogP contribution >= 0.6 is 0 Å². The summed E-state index contributed by atoms with van der Waals surface area (Å²) in [4.78, 5) is 43.7. The molecule has 0 radical (unpaired) electrons. The van der Waals surface area contributed by atoms with Crippen LogP contribution in [0.3, 0.4) is 0 Å². The van der Waals surface area contributed by atoms with Crippen molar-refractivity contribution in [2.24, 2.45) is 0 Å². The number of hydrogen-bond acceptors (Lipinski definition) is 7. The van der Waals surface area contributed by atoms with Crippen molar-refractivity contribution in [3.63, 3.8) is 0 Å². The van der Waals surface area contributed by atoms with Crippen LogP contribution in [-0.4, -0.2) is 45.0 Å². The number of pyridine rings is 1. The molecule has 10 heteroatoms. The highest BCUT2D eigenvalue weighted by Crippen LogP contribution is 2.34. The van der Waals surface area contributed by atoms with Crippen molar-refractivity contribution in [2.75, 3.05) is 23.3 Å². The molecule has 10 nitrogen and oxygen atoms in total. The molecule has 2 saturated heterocycles. The van der Waals surface area contributed by atoms with Crippen molar-refractivity contribution < 1.29 is 14.7 Å². The Morgan fingerprint density at radius 3 is 2.78 bits per heavy atom. The molecule has 2 aromatic heterocycles. The molecule has 184 valence electrons. The predicted octanol–water partition coefficient (Wildman–Crippen LogP) is 2.60. The number of hydrogen-bond donors (Lipinski definition) is 3. The van der Waals surface area contributed by atoms with Gasteiger partial charge < -0.3 is 20.6 Å². The maximum Gasteiger partial charge on any atom is 0.337 e. The number of carboxylic acids is 1. The monoisotopic (exact) mass is 486 g/mol. The fourth-order valence-electron chi connectivity index (χ4n) is 5.28. The van der Waals surface area contributed by atoms with Gasteiger partial charge in [0.05, 0.1) is 17.1 Å². The second-order valence-electron chi connectivity index (χ2n) is 9.61. The van der Waals surface area contributed by atoms with Crippen LogP contribution in [0.2, 0.25) is 0 Å². The van der Waals surface area contributed by atoms with Gasteiger partial charge in [0.25, 0.3) is 5.56 Å². The van der Waals surface area contributed by atoms with E-state index in [0.717, 1.165) is 12.0 Å². The minimum Gasteiger partial charge on any atom is -0.478 e. The Morgan fingerprint density at radius 2 is 2.08 bits per heavy atom. The Bertz CT molecular complexity index is 1510. The van der Waals surface area contributed by atoms with Gasteiger partial charge in [0, 0.05) is 37.0 Å². The van der Waals surface area contributed by atoms with E-state index in [0.29, 0.717) is 48.6 Å². The number of anilines is 2. The molecule has 4 heterocycles. The summed E-state index contributed by atoms with van der Waals surface area (Å²) in [5.41, 5.74) is 1.62. The highest BCUT2D eigenvalue weighted by molar-refractivity contribution is 5.94. The van der Waals surface area contributed by atoms with E-state index < -0.39 is 17.6 Å². The van der Waals surface area contributed by atoms with Crippen molar-refractivity contribution in [3.8, 4) is 6.07 Å². The number of carboxylic acid groups (broad SMARTS) is 1. The highest BCUT2D eigenvalue weighted by Gasteiger charge is 2.44. The molecule has 1 amide bonds. The second-order valence-corrected chi connectivity index (χ2v) is 9.61. The first kappa shape index (κ1) is 23.4. The van der Waals surface area contributed by atoms with Crippen molar-refractivity contribution in [2.45, 2.75) is 44.7 Å². The largest absolute Gasteiger partial charge is 0.478 e. The number of para-hydroxylation sites is 1. The molecule has 2 fully saturated rings. The zero-order chi connectivity index (χ0) is 25.6. The predicted molar refractivity (Wildman–Crippen MR) is 133 cm³/mol. The van der Waals surface area contributed by atoms with Crippen LogP contribution in [0.15, 0.2) is 41.3 Å². The Hall–Kier alpha value is -4.39. The normalized spacial score (nSPS) is 19.9. The number of nitrogens with zero attached hydrogens (tertiary/aromatic N) is 4. The van der Waals surface area contributed by atoms with Gasteiger partial charge in [-0.2, -0.15) is 5.26 Å². The third kappa shape index (κ3) is 3.92. The topological polar surface area (TPSA) is 140 Å². The number of aryl methyl sites for hydroxylation is 1. The molecule has 1 aromatic carbocycles. The van der Waals surface area contributed by atoms with E-state index in [2.05, 4.69) is 10.6 Å².